The average molecular weight is 403 g/mol. The second-order valence-corrected chi connectivity index (χ2v) is 7.48. The molecular weight excluding hydrogens is 384 g/mol. The standard InChI is InChI=1S/C23H19ClN4O/c1-29-22-8-5-16(6-9-22)17-7-10-23-18(11-17)14-27(15-21-13-25-26-28(21)23)20-4-2-3-19(24)12-20/h2-13H,14-15H2,1H3. The zero-order chi connectivity index (χ0) is 19.8. The first-order valence-corrected chi connectivity index (χ1v) is 9.77. The number of benzene rings is 3. The van der Waals surface area contributed by atoms with Crippen LogP contribution < -0.4 is 9.64 Å². The highest BCUT2D eigenvalue weighted by atomic mass is 35.5. The van der Waals surface area contributed by atoms with Crippen molar-refractivity contribution in [1.82, 2.24) is 15.0 Å². The Balaban J connectivity index is 1.59. The molecule has 0 amide bonds. The second kappa shape index (κ2) is 7.26. The van der Waals surface area contributed by atoms with Gasteiger partial charge < -0.3 is 9.64 Å². The van der Waals surface area contributed by atoms with E-state index in [2.05, 4.69) is 51.6 Å². The summed E-state index contributed by atoms with van der Waals surface area (Å²) in [4.78, 5) is 2.30. The maximum Gasteiger partial charge on any atom is 0.118 e. The molecule has 29 heavy (non-hydrogen) atoms. The van der Waals surface area contributed by atoms with Crippen LogP contribution in [0.1, 0.15) is 11.3 Å². The van der Waals surface area contributed by atoms with Crippen molar-refractivity contribution in [2.75, 3.05) is 12.0 Å². The van der Waals surface area contributed by atoms with Crippen LogP contribution in [0.5, 0.6) is 5.75 Å². The zero-order valence-corrected chi connectivity index (χ0v) is 16.7. The Hall–Kier alpha value is -3.31. The van der Waals surface area contributed by atoms with Gasteiger partial charge >= 0.3 is 0 Å². The molecule has 4 aromatic rings. The maximum absolute atomic E-state index is 6.25. The average Bonchev–Trinajstić information content (AvgIpc) is 3.15. The fourth-order valence-corrected chi connectivity index (χ4v) is 3.95. The van der Waals surface area contributed by atoms with Gasteiger partial charge in [-0.05, 0) is 59.2 Å². The molecule has 0 bridgehead atoms. The summed E-state index contributed by atoms with van der Waals surface area (Å²) in [6.45, 7) is 1.46. The quantitative estimate of drug-likeness (QED) is 0.477. The lowest BCUT2D eigenvalue weighted by Crippen LogP contribution is -2.21. The van der Waals surface area contributed by atoms with E-state index < -0.39 is 0 Å². The summed E-state index contributed by atoms with van der Waals surface area (Å²) in [5, 5.41) is 9.19. The van der Waals surface area contributed by atoms with Gasteiger partial charge in [-0.3, -0.25) is 0 Å². The molecule has 3 aromatic carbocycles. The molecule has 0 saturated heterocycles. The Morgan fingerprint density at radius 2 is 1.76 bits per heavy atom. The van der Waals surface area contributed by atoms with Crippen molar-refractivity contribution >= 4 is 17.3 Å². The van der Waals surface area contributed by atoms with Gasteiger partial charge in [0.05, 0.1) is 31.2 Å². The van der Waals surface area contributed by atoms with Gasteiger partial charge in [-0.25, -0.2) is 4.68 Å². The predicted octanol–water partition coefficient (Wildman–Crippen LogP) is 5.12. The molecule has 1 aliphatic rings. The molecule has 0 N–H and O–H groups in total. The Kier molecular flexibility index (Phi) is 4.45. The molecule has 1 aromatic heterocycles. The van der Waals surface area contributed by atoms with Crippen molar-refractivity contribution in [1.29, 1.82) is 0 Å². The molecular formula is C23H19ClN4O. The van der Waals surface area contributed by atoms with Crippen molar-refractivity contribution in [3.63, 3.8) is 0 Å². The van der Waals surface area contributed by atoms with Gasteiger partial charge in [-0.15, -0.1) is 5.10 Å². The third-order valence-electron chi connectivity index (χ3n) is 5.24. The third kappa shape index (κ3) is 3.34. The van der Waals surface area contributed by atoms with E-state index in [0.717, 1.165) is 45.5 Å². The Morgan fingerprint density at radius 3 is 2.55 bits per heavy atom. The van der Waals surface area contributed by atoms with Gasteiger partial charge in [0.1, 0.15) is 5.75 Å². The molecule has 0 radical (unpaired) electrons. The van der Waals surface area contributed by atoms with Gasteiger partial charge in [0.15, 0.2) is 0 Å². The molecule has 0 unspecified atom stereocenters. The molecule has 5 rings (SSSR count). The second-order valence-electron chi connectivity index (χ2n) is 7.05. The fraction of sp³-hybridized carbons (Fsp3) is 0.130. The lowest BCUT2D eigenvalue weighted by atomic mass is 10.0. The van der Waals surface area contributed by atoms with Crippen LogP contribution in [-0.2, 0) is 13.1 Å². The minimum absolute atomic E-state index is 0.708. The van der Waals surface area contributed by atoms with Crippen molar-refractivity contribution in [3.8, 4) is 22.6 Å². The van der Waals surface area contributed by atoms with Crippen LogP contribution in [0.3, 0.4) is 0 Å². The van der Waals surface area contributed by atoms with Crippen LogP contribution in [0.4, 0.5) is 5.69 Å². The topological polar surface area (TPSA) is 43.2 Å². The largest absolute Gasteiger partial charge is 0.497 e. The number of fused-ring (bicyclic) bond motifs is 3. The van der Waals surface area contributed by atoms with Gasteiger partial charge in [-0.1, -0.05) is 41.1 Å². The number of methoxy groups -OCH3 is 1. The molecule has 144 valence electrons. The summed E-state index contributed by atoms with van der Waals surface area (Å²) in [7, 11) is 1.68. The molecule has 0 saturated carbocycles. The summed E-state index contributed by atoms with van der Waals surface area (Å²) in [6.07, 6.45) is 1.82. The first kappa shape index (κ1) is 17.8. The Labute approximate surface area is 174 Å². The van der Waals surface area contributed by atoms with E-state index in [0.29, 0.717) is 6.54 Å². The molecule has 0 fully saturated rings. The third-order valence-corrected chi connectivity index (χ3v) is 5.47. The van der Waals surface area contributed by atoms with Gasteiger partial charge in [0.2, 0.25) is 0 Å². The highest BCUT2D eigenvalue weighted by Gasteiger charge is 2.21. The zero-order valence-electron chi connectivity index (χ0n) is 15.9. The molecule has 0 aliphatic carbocycles. The van der Waals surface area contributed by atoms with Crippen LogP contribution in [0.25, 0.3) is 16.8 Å². The van der Waals surface area contributed by atoms with Gasteiger partial charge in [0.25, 0.3) is 0 Å². The van der Waals surface area contributed by atoms with E-state index in [1.54, 1.807) is 7.11 Å². The number of halogens is 1. The van der Waals surface area contributed by atoms with E-state index in [4.69, 9.17) is 16.3 Å². The first-order valence-electron chi connectivity index (χ1n) is 9.39. The summed E-state index contributed by atoms with van der Waals surface area (Å²) in [6, 6.07) is 22.5. The number of hydrogen-bond acceptors (Lipinski definition) is 4. The minimum Gasteiger partial charge on any atom is -0.497 e. The number of aromatic nitrogens is 3. The van der Waals surface area contributed by atoms with Crippen molar-refractivity contribution in [2.45, 2.75) is 13.1 Å². The SMILES string of the molecule is COc1ccc(-c2ccc3c(c2)CN(c2cccc(Cl)c2)Cc2cnnn2-3)cc1. The molecule has 2 heterocycles. The fourth-order valence-electron chi connectivity index (χ4n) is 3.76. The number of anilines is 1. The Morgan fingerprint density at radius 1 is 0.931 bits per heavy atom. The molecule has 6 heteroatoms. The number of hydrogen-bond donors (Lipinski definition) is 0. The summed E-state index contributed by atoms with van der Waals surface area (Å²) >= 11 is 6.25. The van der Waals surface area contributed by atoms with E-state index in [1.807, 2.05) is 41.2 Å². The smallest absolute Gasteiger partial charge is 0.118 e. The molecule has 1 aliphatic heterocycles. The molecule has 0 atom stereocenters. The van der Waals surface area contributed by atoms with E-state index in [9.17, 15) is 0 Å². The highest BCUT2D eigenvalue weighted by Crippen LogP contribution is 2.32. The van der Waals surface area contributed by atoms with E-state index in [-0.39, 0.29) is 0 Å². The maximum atomic E-state index is 6.25. The predicted molar refractivity (Wildman–Crippen MR) is 115 cm³/mol. The normalized spacial score (nSPS) is 12.8. The lowest BCUT2D eigenvalue weighted by Gasteiger charge is -2.23. The highest BCUT2D eigenvalue weighted by molar-refractivity contribution is 6.30. The molecule has 0 spiro atoms. The van der Waals surface area contributed by atoms with E-state index in [1.165, 1.54) is 5.56 Å². The van der Waals surface area contributed by atoms with Crippen molar-refractivity contribution in [3.05, 3.63) is 89.2 Å². The number of rotatable bonds is 3. The van der Waals surface area contributed by atoms with Crippen molar-refractivity contribution in [2.24, 2.45) is 0 Å². The van der Waals surface area contributed by atoms with Crippen LogP contribution in [-0.4, -0.2) is 22.1 Å². The summed E-state index contributed by atoms with van der Waals surface area (Å²) in [5.74, 6) is 0.850. The van der Waals surface area contributed by atoms with Crippen LogP contribution in [0.2, 0.25) is 5.02 Å². The number of nitrogens with zero attached hydrogens (tertiary/aromatic N) is 4. The first-order chi connectivity index (χ1) is 14.2. The van der Waals surface area contributed by atoms with Gasteiger partial charge in [0, 0.05) is 17.3 Å². The minimum atomic E-state index is 0.708. The summed E-state index contributed by atoms with van der Waals surface area (Å²) < 4.78 is 7.21. The summed E-state index contributed by atoms with van der Waals surface area (Å²) in [5.41, 5.74) is 6.66. The molecule has 5 nitrogen and oxygen atoms in total. The van der Waals surface area contributed by atoms with Gasteiger partial charge in [-0.2, -0.15) is 0 Å². The van der Waals surface area contributed by atoms with Crippen LogP contribution in [0, 0.1) is 0 Å². The monoisotopic (exact) mass is 402 g/mol. The Bertz CT molecular complexity index is 1170. The van der Waals surface area contributed by atoms with Crippen molar-refractivity contribution < 1.29 is 4.74 Å². The van der Waals surface area contributed by atoms with Crippen LogP contribution >= 0.6 is 11.6 Å². The lowest BCUT2D eigenvalue weighted by molar-refractivity contribution is 0.415. The number of ether oxygens (including phenoxy) is 1. The van der Waals surface area contributed by atoms with Crippen LogP contribution in [0.15, 0.2) is 72.9 Å². The van der Waals surface area contributed by atoms with E-state index >= 15 is 0 Å².